The molecule has 5 heteroatoms. The lowest BCUT2D eigenvalue weighted by atomic mass is 10.3. The van der Waals surface area contributed by atoms with Crippen molar-refractivity contribution >= 4 is 0 Å². The maximum atomic E-state index is 11.7. The highest BCUT2D eigenvalue weighted by Crippen LogP contribution is 2.08. The Hall–Kier alpha value is -2.11. The van der Waals surface area contributed by atoms with E-state index in [1.54, 1.807) is 16.7 Å². The highest BCUT2D eigenvalue weighted by atomic mass is 16.5. The van der Waals surface area contributed by atoms with Crippen LogP contribution in [0, 0.1) is 0 Å². The van der Waals surface area contributed by atoms with Gasteiger partial charge in [0, 0.05) is 58.1 Å². The van der Waals surface area contributed by atoms with Gasteiger partial charge in [-0.1, -0.05) is 24.3 Å². The SMILES string of the molecule is O=c1ccccn1CCN1CCN(CCOc2ccccc2)CC1. The predicted molar refractivity (Wildman–Crippen MR) is 95.5 cm³/mol. The number of aromatic nitrogens is 1. The molecule has 0 bridgehead atoms. The van der Waals surface area contributed by atoms with Crippen LogP contribution in [0.5, 0.6) is 5.75 Å². The van der Waals surface area contributed by atoms with Crippen molar-refractivity contribution in [1.29, 1.82) is 0 Å². The van der Waals surface area contributed by atoms with E-state index in [-0.39, 0.29) is 5.56 Å². The van der Waals surface area contributed by atoms with Gasteiger partial charge in [0.05, 0.1) is 0 Å². The Morgan fingerprint density at radius 1 is 0.792 bits per heavy atom. The number of hydrogen-bond donors (Lipinski definition) is 0. The Kier molecular flexibility index (Phi) is 6.04. The number of ether oxygens (including phenoxy) is 1. The van der Waals surface area contributed by atoms with E-state index in [9.17, 15) is 4.79 Å². The third kappa shape index (κ3) is 4.94. The smallest absolute Gasteiger partial charge is 0.250 e. The average molecular weight is 327 g/mol. The van der Waals surface area contributed by atoms with Gasteiger partial charge >= 0.3 is 0 Å². The van der Waals surface area contributed by atoms with Gasteiger partial charge in [-0.05, 0) is 18.2 Å². The number of piperazine rings is 1. The molecule has 5 nitrogen and oxygen atoms in total. The fourth-order valence-electron chi connectivity index (χ4n) is 2.94. The van der Waals surface area contributed by atoms with Gasteiger partial charge in [0.25, 0.3) is 5.56 Å². The van der Waals surface area contributed by atoms with Crippen molar-refractivity contribution in [3.63, 3.8) is 0 Å². The summed E-state index contributed by atoms with van der Waals surface area (Å²) in [6.07, 6.45) is 1.86. The molecule has 0 unspecified atom stereocenters. The van der Waals surface area contributed by atoms with Crippen molar-refractivity contribution in [3.05, 3.63) is 65.1 Å². The van der Waals surface area contributed by atoms with Crippen molar-refractivity contribution in [2.24, 2.45) is 0 Å². The van der Waals surface area contributed by atoms with E-state index in [4.69, 9.17) is 4.74 Å². The van der Waals surface area contributed by atoms with Gasteiger partial charge in [0.2, 0.25) is 0 Å². The van der Waals surface area contributed by atoms with Crippen LogP contribution in [-0.4, -0.2) is 60.2 Å². The van der Waals surface area contributed by atoms with Gasteiger partial charge in [-0.2, -0.15) is 0 Å². The van der Waals surface area contributed by atoms with Crippen LogP contribution in [0.25, 0.3) is 0 Å². The zero-order valence-corrected chi connectivity index (χ0v) is 14.0. The van der Waals surface area contributed by atoms with Crippen LogP contribution >= 0.6 is 0 Å². The predicted octanol–water partition coefficient (Wildman–Crippen LogP) is 1.54. The molecule has 1 aliphatic rings. The van der Waals surface area contributed by atoms with E-state index in [0.29, 0.717) is 0 Å². The lowest BCUT2D eigenvalue weighted by molar-refractivity contribution is 0.114. The molecule has 1 aromatic heterocycles. The first-order chi connectivity index (χ1) is 11.8. The number of rotatable bonds is 7. The van der Waals surface area contributed by atoms with Crippen LogP contribution in [0.2, 0.25) is 0 Å². The molecule has 0 saturated carbocycles. The summed E-state index contributed by atoms with van der Waals surface area (Å²) < 4.78 is 7.54. The Bertz CT molecular complexity index is 664. The van der Waals surface area contributed by atoms with Gasteiger partial charge in [0.1, 0.15) is 12.4 Å². The minimum Gasteiger partial charge on any atom is -0.492 e. The number of nitrogens with zero attached hydrogens (tertiary/aromatic N) is 3. The molecule has 0 spiro atoms. The molecule has 1 aromatic carbocycles. The Balaban J connectivity index is 1.34. The summed E-state index contributed by atoms with van der Waals surface area (Å²) in [7, 11) is 0. The van der Waals surface area contributed by atoms with E-state index in [1.165, 1.54) is 0 Å². The fourth-order valence-corrected chi connectivity index (χ4v) is 2.94. The fraction of sp³-hybridized carbons (Fsp3) is 0.421. The molecule has 0 aliphatic carbocycles. The Morgan fingerprint density at radius 3 is 2.17 bits per heavy atom. The standard InChI is InChI=1S/C19H25N3O2/c23-19-8-4-5-9-22(19)15-14-20-10-12-21(13-11-20)16-17-24-18-6-2-1-3-7-18/h1-9H,10-17H2. The summed E-state index contributed by atoms with van der Waals surface area (Å²) in [5, 5.41) is 0. The summed E-state index contributed by atoms with van der Waals surface area (Å²) in [5.74, 6) is 0.935. The highest BCUT2D eigenvalue weighted by Gasteiger charge is 2.16. The first-order valence-corrected chi connectivity index (χ1v) is 8.59. The molecule has 1 fully saturated rings. The second-order valence-corrected chi connectivity index (χ2v) is 6.08. The van der Waals surface area contributed by atoms with Crippen molar-refractivity contribution in [3.8, 4) is 5.75 Å². The van der Waals surface area contributed by atoms with Gasteiger partial charge in [-0.25, -0.2) is 0 Å². The number of hydrogen-bond acceptors (Lipinski definition) is 4. The lowest BCUT2D eigenvalue weighted by Gasteiger charge is -2.34. The van der Waals surface area contributed by atoms with Crippen molar-refractivity contribution in [1.82, 2.24) is 14.4 Å². The Labute approximate surface area is 143 Å². The third-order valence-corrected chi connectivity index (χ3v) is 4.44. The molecule has 1 saturated heterocycles. The van der Waals surface area contributed by atoms with E-state index < -0.39 is 0 Å². The molecular formula is C19H25N3O2. The molecule has 0 radical (unpaired) electrons. The molecule has 0 amide bonds. The van der Waals surface area contributed by atoms with Crippen LogP contribution in [-0.2, 0) is 6.54 Å². The van der Waals surface area contributed by atoms with Crippen LogP contribution < -0.4 is 10.3 Å². The minimum atomic E-state index is 0.0780. The first kappa shape index (κ1) is 16.7. The summed E-state index contributed by atoms with van der Waals surface area (Å²) in [6.45, 7) is 7.59. The van der Waals surface area contributed by atoms with Gasteiger partial charge in [-0.3, -0.25) is 14.6 Å². The largest absolute Gasteiger partial charge is 0.492 e. The van der Waals surface area contributed by atoms with E-state index in [2.05, 4.69) is 9.80 Å². The van der Waals surface area contributed by atoms with E-state index >= 15 is 0 Å². The average Bonchev–Trinajstić information content (AvgIpc) is 2.63. The molecule has 2 aromatic rings. The topological polar surface area (TPSA) is 37.7 Å². The zero-order chi connectivity index (χ0) is 16.6. The number of benzene rings is 1. The Morgan fingerprint density at radius 2 is 1.46 bits per heavy atom. The van der Waals surface area contributed by atoms with Crippen LogP contribution in [0.1, 0.15) is 0 Å². The molecule has 24 heavy (non-hydrogen) atoms. The van der Waals surface area contributed by atoms with Gasteiger partial charge in [0.15, 0.2) is 0 Å². The highest BCUT2D eigenvalue weighted by molar-refractivity contribution is 5.20. The van der Waals surface area contributed by atoms with Crippen LogP contribution in [0.3, 0.4) is 0 Å². The normalized spacial score (nSPS) is 16.2. The summed E-state index contributed by atoms with van der Waals surface area (Å²) in [6, 6.07) is 15.3. The maximum absolute atomic E-state index is 11.7. The van der Waals surface area contributed by atoms with Gasteiger partial charge in [-0.15, -0.1) is 0 Å². The van der Waals surface area contributed by atoms with Gasteiger partial charge < -0.3 is 9.30 Å². The summed E-state index contributed by atoms with van der Waals surface area (Å²) in [4.78, 5) is 16.6. The molecule has 3 rings (SSSR count). The quantitative estimate of drug-likeness (QED) is 0.773. The summed E-state index contributed by atoms with van der Waals surface area (Å²) >= 11 is 0. The molecular weight excluding hydrogens is 302 g/mol. The summed E-state index contributed by atoms with van der Waals surface area (Å²) in [5.41, 5.74) is 0.0780. The lowest BCUT2D eigenvalue weighted by Crippen LogP contribution is -2.48. The molecule has 0 atom stereocenters. The maximum Gasteiger partial charge on any atom is 0.250 e. The molecule has 128 valence electrons. The van der Waals surface area contributed by atoms with Crippen molar-refractivity contribution < 1.29 is 4.74 Å². The van der Waals surface area contributed by atoms with Crippen LogP contribution in [0.4, 0.5) is 0 Å². The second kappa shape index (κ2) is 8.66. The molecule has 0 N–H and O–H groups in total. The van der Waals surface area contributed by atoms with E-state index in [0.717, 1.165) is 58.2 Å². The van der Waals surface area contributed by atoms with E-state index in [1.807, 2.05) is 42.6 Å². The first-order valence-electron chi connectivity index (χ1n) is 8.59. The number of pyridine rings is 1. The van der Waals surface area contributed by atoms with Crippen molar-refractivity contribution in [2.75, 3.05) is 45.9 Å². The van der Waals surface area contributed by atoms with Crippen molar-refractivity contribution in [2.45, 2.75) is 6.54 Å². The zero-order valence-electron chi connectivity index (χ0n) is 14.0. The minimum absolute atomic E-state index is 0.0780. The number of para-hydroxylation sites is 1. The third-order valence-electron chi connectivity index (χ3n) is 4.44. The molecule has 2 heterocycles. The van der Waals surface area contributed by atoms with Crippen LogP contribution in [0.15, 0.2) is 59.5 Å². The second-order valence-electron chi connectivity index (χ2n) is 6.08. The monoisotopic (exact) mass is 327 g/mol. The molecule has 1 aliphatic heterocycles.